The number of anilines is 1. The first-order valence-electron chi connectivity index (χ1n) is 10.2. The number of nitrogens with zero attached hydrogens (tertiary/aromatic N) is 7. The normalized spacial score (nSPS) is 18.1. The molecule has 2 fully saturated rings. The van der Waals surface area contributed by atoms with E-state index in [9.17, 15) is 9.18 Å². The van der Waals surface area contributed by atoms with Gasteiger partial charge in [0.05, 0.1) is 0 Å². The summed E-state index contributed by atoms with van der Waals surface area (Å²) in [7, 11) is 0. The van der Waals surface area contributed by atoms with Crippen LogP contribution in [0.4, 0.5) is 10.1 Å². The highest BCUT2D eigenvalue weighted by Gasteiger charge is 2.37. The van der Waals surface area contributed by atoms with Crippen molar-refractivity contribution >= 4 is 17.4 Å². The predicted molar refractivity (Wildman–Crippen MR) is 110 cm³/mol. The lowest BCUT2D eigenvalue weighted by atomic mass is 10.1. The minimum atomic E-state index is -0.210. The molecule has 2 aliphatic rings. The number of likely N-dealkylation sites (tertiary alicyclic amines) is 1. The number of piperazine rings is 1. The van der Waals surface area contributed by atoms with Crippen molar-refractivity contribution < 1.29 is 9.18 Å². The van der Waals surface area contributed by atoms with E-state index in [2.05, 4.69) is 24.9 Å². The van der Waals surface area contributed by atoms with Gasteiger partial charge >= 0.3 is 0 Å². The van der Waals surface area contributed by atoms with Crippen molar-refractivity contribution in [2.45, 2.75) is 19.9 Å². The molecule has 9 heteroatoms. The summed E-state index contributed by atoms with van der Waals surface area (Å²) in [6.45, 7) is 8.86. The summed E-state index contributed by atoms with van der Waals surface area (Å²) < 4.78 is 14.7. The van der Waals surface area contributed by atoms with Crippen LogP contribution in [0.1, 0.15) is 22.0 Å². The summed E-state index contributed by atoms with van der Waals surface area (Å²) in [5.41, 5.74) is 2.82. The Kier molecular flexibility index (Phi) is 4.62. The number of aryl methyl sites for hydroxylation is 2. The molecule has 0 saturated carbocycles. The molecule has 8 nitrogen and oxygen atoms in total. The number of aromatic nitrogens is 4. The van der Waals surface area contributed by atoms with Gasteiger partial charge in [0, 0.05) is 62.4 Å². The van der Waals surface area contributed by atoms with Crippen molar-refractivity contribution in [3.63, 3.8) is 0 Å². The highest BCUT2D eigenvalue weighted by atomic mass is 19.1. The van der Waals surface area contributed by atoms with Gasteiger partial charge in [-0.05, 0) is 44.2 Å². The highest BCUT2D eigenvalue weighted by molar-refractivity contribution is 5.91. The predicted octanol–water partition coefficient (Wildman–Crippen LogP) is 1.53. The molecule has 3 aromatic rings. The quantitative estimate of drug-likeness (QED) is 0.654. The first kappa shape index (κ1) is 18.9. The zero-order valence-corrected chi connectivity index (χ0v) is 17.1. The molecule has 0 aliphatic carbocycles. The molecule has 4 heterocycles. The number of amides is 1. The van der Waals surface area contributed by atoms with Gasteiger partial charge in [-0.1, -0.05) is 0 Å². The number of fused-ring (bicyclic) bond motifs is 1. The van der Waals surface area contributed by atoms with Crippen molar-refractivity contribution in [2.24, 2.45) is 0 Å². The maximum atomic E-state index is 13.1. The van der Waals surface area contributed by atoms with E-state index in [4.69, 9.17) is 0 Å². The third-order valence-corrected chi connectivity index (χ3v) is 5.98. The Balaban J connectivity index is 1.17. The second-order valence-corrected chi connectivity index (χ2v) is 8.05. The van der Waals surface area contributed by atoms with Crippen molar-refractivity contribution in [1.82, 2.24) is 29.4 Å². The smallest absolute Gasteiger partial charge is 0.293 e. The molecule has 0 N–H and O–H groups in total. The maximum Gasteiger partial charge on any atom is 0.293 e. The number of rotatable bonds is 3. The Morgan fingerprint density at radius 3 is 2.43 bits per heavy atom. The average Bonchev–Trinajstić information content (AvgIpc) is 3.12. The second kappa shape index (κ2) is 7.32. The van der Waals surface area contributed by atoms with Gasteiger partial charge in [-0.25, -0.2) is 13.9 Å². The summed E-state index contributed by atoms with van der Waals surface area (Å²) in [5.74, 6) is 0.317. The molecule has 0 unspecified atom stereocenters. The molecule has 0 radical (unpaired) electrons. The van der Waals surface area contributed by atoms with E-state index in [0.29, 0.717) is 24.9 Å². The number of carbonyl (C=O) groups is 1. The second-order valence-electron chi connectivity index (χ2n) is 8.05. The molecule has 30 heavy (non-hydrogen) atoms. The largest absolute Gasteiger partial charge is 0.369 e. The molecule has 2 aliphatic heterocycles. The lowest BCUT2D eigenvalue weighted by molar-refractivity contribution is 0.0237. The molecule has 156 valence electrons. The standard InChI is InChI=1S/C21H24FN7O/c1-14-11-15(2)29-21(23-14)24-19(25-29)20(30)28-12-18(13-28)27-9-7-26(8-10-27)17-5-3-16(22)4-6-17/h3-6,11,18H,7-10,12-13H2,1-2H3. The zero-order chi connectivity index (χ0) is 20.8. The first-order valence-corrected chi connectivity index (χ1v) is 10.2. The molecule has 0 spiro atoms. The van der Waals surface area contributed by atoms with Gasteiger partial charge in [-0.3, -0.25) is 9.69 Å². The van der Waals surface area contributed by atoms with Gasteiger partial charge in [0.25, 0.3) is 11.7 Å². The minimum absolute atomic E-state index is 0.140. The van der Waals surface area contributed by atoms with E-state index in [1.54, 1.807) is 9.42 Å². The van der Waals surface area contributed by atoms with Crippen molar-refractivity contribution in [3.05, 3.63) is 53.4 Å². The number of hydrogen-bond donors (Lipinski definition) is 0. The van der Waals surface area contributed by atoms with Gasteiger partial charge in [0.1, 0.15) is 5.82 Å². The van der Waals surface area contributed by atoms with Gasteiger partial charge < -0.3 is 9.80 Å². The van der Waals surface area contributed by atoms with E-state index < -0.39 is 0 Å². The van der Waals surface area contributed by atoms with Crippen LogP contribution < -0.4 is 4.90 Å². The summed E-state index contributed by atoms with van der Waals surface area (Å²) in [6, 6.07) is 8.94. The monoisotopic (exact) mass is 409 g/mol. The third-order valence-electron chi connectivity index (χ3n) is 5.98. The minimum Gasteiger partial charge on any atom is -0.369 e. The van der Waals surface area contributed by atoms with Crippen LogP contribution in [0.25, 0.3) is 5.78 Å². The van der Waals surface area contributed by atoms with Crippen LogP contribution in [0.3, 0.4) is 0 Å². The Morgan fingerprint density at radius 2 is 1.73 bits per heavy atom. The van der Waals surface area contributed by atoms with Gasteiger partial charge in [0.15, 0.2) is 0 Å². The Bertz CT molecular complexity index is 1080. The number of carbonyl (C=O) groups excluding carboxylic acids is 1. The van der Waals surface area contributed by atoms with Crippen LogP contribution in [-0.2, 0) is 0 Å². The topological polar surface area (TPSA) is 69.9 Å². The Labute approximate surface area is 173 Å². The fourth-order valence-electron chi connectivity index (χ4n) is 4.25. The van der Waals surface area contributed by atoms with Crippen LogP contribution >= 0.6 is 0 Å². The Morgan fingerprint density at radius 1 is 1.03 bits per heavy atom. The Hall–Kier alpha value is -3.07. The summed E-state index contributed by atoms with van der Waals surface area (Å²) in [5, 5.41) is 4.35. The van der Waals surface area contributed by atoms with Crippen LogP contribution in [0.5, 0.6) is 0 Å². The third kappa shape index (κ3) is 3.39. The number of hydrogen-bond acceptors (Lipinski definition) is 6. The molecule has 0 atom stereocenters. The maximum absolute atomic E-state index is 13.1. The number of benzene rings is 1. The molecule has 0 bridgehead atoms. The highest BCUT2D eigenvalue weighted by Crippen LogP contribution is 2.22. The van der Waals surface area contributed by atoms with E-state index in [0.717, 1.165) is 43.3 Å². The van der Waals surface area contributed by atoms with Crippen LogP contribution in [-0.4, -0.2) is 80.6 Å². The molecule has 5 rings (SSSR count). The summed E-state index contributed by atoms with van der Waals surface area (Å²) in [6.07, 6.45) is 0. The summed E-state index contributed by atoms with van der Waals surface area (Å²) >= 11 is 0. The SMILES string of the molecule is Cc1cc(C)n2nc(C(=O)N3CC(N4CCN(c5ccc(F)cc5)CC4)C3)nc2n1. The van der Waals surface area contributed by atoms with Crippen LogP contribution in [0, 0.1) is 19.7 Å². The zero-order valence-electron chi connectivity index (χ0n) is 17.1. The van der Waals surface area contributed by atoms with Gasteiger partial charge in [0.2, 0.25) is 5.82 Å². The van der Waals surface area contributed by atoms with Crippen LogP contribution in [0.15, 0.2) is 30.3 Å². The van der Waals surface area contributed by atoms with Crippen molar-refractivity contribution in [1.29, 1.82) is 0 Å². The lowest BCUT2D eigenvalue weighted by Crippen LogP contribution is -2.64. The molecule has 1 amide bonds. The fourth-order valence-corrected chi connectivity index (χ4v) is 4.25. The van der Waals surface area contributed by atoms with Gasteiger partial charge in [-0.15, -0.1) is 5.10 Å². The molecular formula is C21H24FN7O. The van der Waals surface area contributed by atoms with E-state index >= 15 is 0 Å². The van der Waals surface area contributed by atoms with Crippen molar-refractivity contribution in [3.8, 4) is 0 Å². The van der Waals surface area contributed by atoms with E-state index in [1.165, 1.54) is 12.1 Å². The van der Waals surface area contributed by atoms with E-state index in [1.807, 2.05) is 32.0 Å². The number of halogens is 1. The molecule has 2 aromatic heterocycles. The van der Waals surface area contributed by atoms with Crippen molar-refractivity contribution in [2.75, 3.05) is 44.2 Å². The fraction of sp³-hybridized carbons (Fsp3) is 0.429. The molecule has 1 aromatic carbocycles. The van der Waals surface area contributed by atoms with E-state index in [-0.39, 0.29) is 17.5 Å². The molecular weight excluding hydrogens is 385 g/mol. The summed E-state index contributed by atoms with van der Waals surface area (Å²) in [4.78, 5) is 28.0. The molecule has 2 saturated heterocycles. The first-order chi connectivity index (χ1) is 14.5. The lowest BCUT2D eigenvalue weighted by Gasteiger charge is -2.48. The van der Waals surface area contributed by atoms with Crippen LogP contribution in [0.2, 0.25) is 0 Å². The van der Waals surface area contributed by atoms with Gasteiger partial charge in [-0.2, -0.15) is 4.98 Å². The average molecular weight is 409 g/mol.